The molecule has 372 valence electrons. The molecule has 18 nitrogen and oxygen atoms in total. The number of carbonyl (C=O) groups is 1. The smallest absolute Gasteiger partial charge is 0.311 e. The lowest BCUT2D eigenvalue weighted by atomic mass is 9.34. The van der Waals surface area contributed by atoms with Crippen LogP contribution in [0.2, 0.25) is 0 Å². The molecule has 0 aromatic heterocycles. The van der Waals surface area contributed by atoms with E-state index in [0.29, 0.717) is 12.8 Å². The topological polar surface area (TPSA) is 295 Å². The van der Waals surface area contributed by atoms with Gasteiger partial charge >= 0.3 is 5.97 Å². The zero-order valence-electron chi connectivity index (χ0n) is 38.6. The number of aliphatic hydroxyl groups is 11. The van der Waals surface area contributed by atoms with Crippen LogP contribution in [0.3, 0.4) is 0 Å². The van der Waals surface area contributed by atoms with Crippen LogP contribution in [-0.4, -0.2) is 181 Å². The van der Waals surface area contributed by atoms with E-state index in [1.165, 1.54) is 5.57 Å². The van der Waals surface area contributed by atoms with Gasteiger partial charge in [-0.15, -0.1) is 0 Å². The number of aliphatic hydroxyl groups excluding tert-OH is 11. The van der Waals surface area contributed by atoms with E-state index in [1.807, 2.05) is 0 Å². The summed E-state index contributed by atoms with van der Waals surface area (Å²) < 4.78 is 34.9. The summed E-state index contributed by atoms with van der Waals surface area (Å²) in [4.78, 5) is 14.4. The Labute approximate surface area is 380 Å². The summed E-state index contributed by atoms with van der Waals surface area (Å²) in [6.07, 6.45) is -12.2. The van der Waals surface area contributed by atoms with E-state index < -0.39 is 123 Å². The quantitative estimate of drug-likeness (QED) is 0.0797. The zero-order valence-corrected chi connectivity index (χ0v) is 38.6. The minimum absolute atomic E-state index is 0.0641. The molecule has 0 aromatic rings. The summed E-state index contributed by atoms with van der Waals surface area (Å²) in [5.74, 6) is -0.762. The predicted octanol–water partition coefficient (Wildman–Crippen LogP) is -0.392. The van der Waals surface area contributed by atoms with Crippen molar-refractivity contribution in [3.8, 4) is 0 Å². The Morgan fingerprint density at radius 2 is 1.35 bits per heavy atom. The molecule has 1 unspecified atom stereocenters. The molecular formula is C47H76O18. The lowest BCUT2D eigenvalue weighted by molar-refractivity contribution is -0.327. The van der Waals surface area contributed by atoms with Gasteiger partial charge in [-0.2, -0.15) is 0 Å². The summed E-state index contributed by atoms with van der Waals surface area (Å²) >= 11 is 0. The van der Waals surface area contributed by atoms with Gasteiger partial charge in [-0.1, -0.05) is 53.2 Å². The van der Waals surface area contributed by atoms with Crippen molar-refractivity contribution in [3.05, 3.63) is 11.6 Å². The van der Waals surface area contributed by atoms with Crippen molar-refractivity contribution in [1.29, 1.82) is 0 Å². The van der Waals surface area contributed by atoms with Gasteiger partial charge in [0.2, 0.25) is 6.29 Å². The molecule has 8 rings (SSSR count). The number of carbonyl (C=O) groups excluding carboxylic acids is 1. The van der Waals surface area contributed by atoms with Gasteiger partial charge in [0.05, 0.1) is 38.4 Å². The molecule has 3 aliphatic heterocycles. The largest absolute Gasteiger partial charge is 0.432 e. The van der Waals surface area contributed by atoms with Crippen LogP contribution < -0.4 is 0 Å². The minimum Gasteiger partial charge on any atom is -0.432 e. The second kappa shape index (κ2) is 18.1. The van der Waals surface area contributed by atoms with E-state index in [1.54, 1.807) is 0 Å². The van der Waals surface area contributed by atoms with Crippen LogP contribution >= 0.6 is 0 Å². The summed E-state index contributed by atoms with van der Waals surface area (Å²) in [5, 5.41) is 115. The highest BCUT2D eigenvalue weighted by Crippen LogP contribution is 2.75. The van der Waals surface area contributed by atoms with Crippen LogP contribution in [0.25, 0.3) is 0 Å². The van der Waals surface area contributed by atoms with Crippen LogP contribution in [0.5, 0.6) is 0 Å². The predicted molar refractivity (Wildman–Crippen MR) is 226 cm³/mol. The Morgan fingerprint density at radius 1 is 0.708 bits per heavy atom. The van der Waals surface area contributed by atoms with Crippen LogP contribution in [0.15, 0.2) is 11.6 Å². The van der Waals surface area contributed by atoms with Crippen molar-refractivity contribution in [2.45, 2.75) is 191 Å². The first-order chi connectivity index (χ1) is 30.5. The van der Waals surface area contributed by atoms with Crippen molar-refractivity contribution in [2.75, 3.05) is 26.4 Å². The Hall–Kier alpha value is -1.43. The summed E-state index contributed by atoms with van der Waals surface area (Å²) in [5.41, 5.74) is -0.0126. The van der Waals surface area contributed by atoms with Gasteiger partial charge in [-0.05, 0) is 103 Å². The van der Waals surface area contributed by atoms with E-state index in [0.717, 1.165) is 44.9 Å². The van der Waals surface area contributed by atoms with E-state index in [4.69, 9.17) is 28.4 Å². The first-order valence-electron chi connectivity index (χ1n) is 23.9. The summed E-state index contributed by atoms with van der Waals surface area (Å²) in [7, 11) is 0. The number of rotatable bonds is 9. The third-order valence-electron chi connectivity index (χ3n) is 18.8. The van der Waals surface area contributed by atoms with Crippen LogP contribution in [-0.2, 0) is 33.2 Å². The number of ether oxygens (including phenoxy) is 6. The molecule has 0 radical (unpaired) electrons. The fraction of sp³-hybridized carbons (Fsp3) is 0.936. The molecule has 8 aliphatic rings. The maximum absolute atomic E-state index is 14.4. The highest BCUT2D eigenvalue weighted by molar-refractivity contribution is 5.73. The average molecular weight is 929 g/mol. The van der Waals surface area contributed by atoms with Gasteiger partial charge in [-0.3, -0.25) is 4.79 Å². The highest BCUT2D eigenvalue weighted by Gasteiger charge is 2.69. The molecule has 18 heteroatoms. The molecule has 11 N–H and O–H groups in total. The van der Waals surface area contributed by atoms with Crippen LogP contribution in [0, 0.1) is 56.7 Å². The van der Waals surface area contributed by atoms with Gasteiger partial charge in [-0.25, -0.2) is 0 Å². The Morgan fingerprint density at radius 3 is 2.03 bits per heavy atom. The lowest BCUT2D eigenvalue weighted by Gasteiger charge is -2.71. The molecule has 24 atom stereocenters. The second-order valence-electron chi connectivity index (χ2n) is 22.8. The third kappa shape index (κ3) is 8.18. The highest BCUT2D eigenvalue weighted by atomic mass is 16.7. The van der Waals surface area contributed by atoms with Gasteiger partial charge in [0.25, 0.3) is 0 Å². The Bertz CT molecular complexity index is 1750. The van der Waals surface area contributed by atoms with Crippen molar-refractivity contribution >= 4 is 5.97 Å². The minimum atomic E-state index is -1.80. The number of hydrogen-bond acceptors (Lipinski definition) is 18. The number of fused-ring (bicyclic) bond motifs is 7. The zero-order chi connectivity index (χ0) is 47.3. The monoisotopic (exact) mass is 929 g/mol. The number of esters is 1. The standard InChI is InChI=1S/C47H76O18/c1-43(2)15-22-21(23(16-43)39(59)65-42-38(58)35(55)33(53)27(63-42)19-61-40-37(57)34(54)32(52)26(17-48)62-40)9-13-46(5)24(22)7-8-29-44(3)12-11-30(64-41-36(56)31(51)25(50)18-60-41)45(4,20-49)28(44)10-14-47(29,46)6/h7,21-23,25-38,40-42,48-58H,8-20H2,1-6H3/t21?,22-,23-,25+,26-,27-,28-,29-,30+,31+,32-,33-,34+,35+,36-,37-,38-,40-,41+,42+,44+,45+,46-,47-/m1/s1. The normalized spacial score (nSPS) is 54.3. The first kappa shape index (κ1) is 50.0. The van der Waals surface area contributed by atoms with Crippen molar-refractivity contribution in [2.24, 2.45) is 56.7 Å². The second-order valence-corrected chi connectivity index (χ2v) is 22.8. The number of hydrogen-bond donors (Lipinski definition) is 11. The van der Waals surface area contributed by atoms with E-state index in [-0.39, 0.29) is 58.5 Å². The van der Waals surface area contributed by atoms with E-state index in [9.17, 15) is 61.0 Å². The Balaban J connectivity index is 0.980. The lowest BCUT2D eigenvalue weighted by Crippen LogP contribution is -2.66. The summed E-state index contributed by atoms with van der Waals surface area (Å²) in [6, 6.07) is 0. The van der Waals surface area contributed by atoms with Crippen molar-refractivity contribution in [3.63, 3.8) is 0 Å². The molecular weight excluding hydrogens is 852 g/mol. The molecule has 65 heavy (non-hydrogen) atoms. The molecule has 4 saturated carbocycles. The molecule has 0 bridgehead atoms. The maximum Gasteiger partial charge on any atom is 0.311 e. The Kier molecular flexibility index (Phi) is 13.9. The van der Waals surface area contributed by atoms with Gasteiger partial charge < -0.3 is 84.6 Å². The van der Waals surface area contributed by atoms with Crippen LogP contribution in [0.4, 0.5) is 0 Å². The first-order valence-corrected chi connectivity index (χ1v) is 23.9. The molecule has 0 spiro atoms. The van der Waals surface area contributed by atoms with Gasteiger partial charge in [0, 0.05) is 5.41 Å². The van der Waals surface area contributed by atoms with Crippen molar-refractivity contribution < 1.29 is 89.4 Å². The SMILES string of the molecule is CC1(C)C[C@@H](C(=O)O[C@@H]2O[C@H](CO[C@@H]3O[C@H](CO)[C@@H](O)[C@H](O)[C@H]3O)[C@@H](O)[C@H](O)[C@H]2O)C2CC[C@]3(C)C(=CC[C@@H]4[C@@]5(C)CC[C@H](O[C@@H]6OC[C@H](O)[C@H](O)[C@H]6O)[C@@](C)(CO)[C@@H]5CC[C@]43C)[C@@H]2C1. The molecule has 3 saturated heterocycles. The van der Waals surface area contributed by atoms with Gasteiger partial charge in [0.15, 0.2) is 12.6 Å². The third-order valence-corrected chi connectivity index (χ3v) is 18.8. The van der Waals surface area contributed by atoms with Crippen LogP contribution in [0.1, 0.15) is 99.3 Å². The van der Waals surface area contributed by atoms with Gasteiger partial charge in [0.1, 0.15) is 67.1 Å². The molecule has 5 aliphatic carbocycles. The average Bonchev–Trinajstić information content (AvgIpc) is 3.26. The molecule has 7 fully saturated rings. The molecule has 0 amide bonds. The number of allylic oxidation sites excluding steroid dienone is 2. The molecule has 0 aromatic carbocycles. The molecule has 3 heterocycles. The fourth-order valence-electron chi connectivity index (χ4n) is 14.9. The fourth-order valence-corrected chi connectivity index (χ4v) is 14.9. The maximum atomic E-state index is 14.4. The summed E-state index contributed by atoms with van der Waals surface area (Å²) in [6.45, 7) is 12.1. The van der Waals surface area contributed by atoms with Crippen molar-refractivity contribution in [1.82, 2.24) is 0 Å². The van der Waals surface area contributed by atoms with E-state index >= 15 is 0 Å². The van der Waals surface area contributed by atoms with E-state index in [2.05, 4.69) is 47.6 Å².